The van der Waals surface area contributed by atoms with E-state index in [0.29, 0.717) is 5.75 Å². The number of benzene rings is 1. The second kappa shape index (κ2) is 9.66. The maximum atomic E-state index is 9.95. The molecule has 0 saturated carbocycles. The van der Waals surface area contributed by atoms with Crippen LogP contribution in [0.15, 0.2) is 34.7 Å². The quantitative estimate of drug-likeness (QED) is 0.511. The SMILES string of the molecule is CCCCNc1nnc(SCC(O)COc2ccccc2)s1. The summed E-state index contributed by atoms with van der Waals surface area (Å²) >= 11 is 3.02. The van der Waals surface area contributed by atoms with Crippen LogP contribution >= 0.6 is 23.1 Å². The van der Waals surface area contributed by atoms with E-state index in [9.17, 15) is 5.11 Å². The molecule has 0 aliphatic carbocycles. The van der Waals surface area contributed by atoms with Crippen LogP contribution in [0.1, 0.15) is 19.8 Å². The molecule has 1 heterocycles. The number of unbranched alkanes of at least 4 members (excludes halogenated alkanes) is 1. The van der Waals surface area contributed by atoms with Crippen LogP contribution in [0.25, 0.3) is 0 Å². The molecule has 2 rings (SSSR count). The van der Waals surface area contributed by atoms with E-state index in [2.05, 4.69) is 22.4 Å². The number of nitrogens with one attached hydrogen (secondary N) is 1. The zero-order chi connectivity index (χ0) is 15.6. The summed E-state index contributed by atoms with van der Waals surface area (Å²) in [5, 5.41) is 22.2. The molecule has 1 aromatic heterocycles. The molecular formula is C15H21N3O2S2. The zero-order valence-electron chi connectivity index (χ0n) is 12.6. The van der Waals surface area contributed by atoms with E-state index in [4.69, 9.17) is 4.74 Å². The van der Waals surface area contributed by atoms with Crippen molar-refractivity contribution in [2.45, 2.75) is 30.2 Å². The molecule has 0 radical (unpaired) electrons. The van der Waals surface area contributed by atoms with Crippen molar-refractivity contribution in [3.63, 3.8) is 0 Å². The van der Waals surface area contributed by atoms with Gasteiger partial charge in [-0.1, -0.05) is 54.6 Å². The fourth-order valence-electron chi connectivity index (χ4n) is 1.64. The Morgan fingerprint density at radius 3 is 2.91 bits per heavy atom. The molecule has 0 aliphatic heterocycles. The van der Waals surface area contributed by atoms with Gasteiger partial charge in [0.25, 0.3) is 0 Å². The van der Waals surface area contributed by atoms with Crippen molar-refractivity contribution in [2.24, 2.45) is 0 Å². The molecule has 2 aromatic rings. The van der Waals surface area contributed by atoms with E-state index >= 15 is 0 Å². The number of para-hydroxylation sites is 1. The molecule has 0 saturated heterocycles. The first kappa shape index (κ1) is 17.1. The van der Waals surface area contributed by atoms with Gasteiger partial charge in [-0.25, -0.2) is 0 Å². The number of anilines is 1. The Morgan fingerprint density at radius 1 is 1.32 bits per heavy atom. The van der Waals surface area contributed by atoms with Gasteiger partial charge in [-0.3, -0.25) is 0 Å². The molecule has 0 amide bonds. The number of aliphatic hydroxyl groups excluding tert-OH is 1. The van der Waals surface area contributed by atoms with Crippen molar-refractivity contribution < 1.29 is 9.84 Å². The van der Waals surface area contributed by atoms with Gasteiger partial charge in [0.05, 0.1) is 6.10 Å². The van der Waals surface area contributed by atoms with Crippen molar-refractivity contribution in [2.75, 3.05) is 24.2 Å². The normalized spacial score (nSPS) is 12.1. The largest absolute Gasteiger partial charge is 0.491 e. The summed E-state index contributed by atoms with van der Waals surface area (Å²) in [6.07, 6.45) is 1.74. The highest BCUT2D eigenvalue weighted by atomic mass is 32.2. The van der Waals surface area contributed by atoms with Gasteiger partial charge in [0.2, 0.25) is 5.13 Å². The van der Waals surface area contributed by atoms with E-state index in [1.54, 1.807) is 0 Å². The van der Waals surface area contributed by atoms with Gasteiger partial charge in [-0.2, -0.15) is 0 Å². The third kappa shape index (κ3) is 6.21. The molecule has 22 heavy (non-hydrogen) atoms. The van der Waals surface area contributed by atoms with E-state index in [1.807, 2.05) is 30.3 Å². The molecule has 1 atom stereocenters. The lowest BCUT2D eigenvalue weighted by molar-refractivity contribution is 0.126. The maximum Gasteiger partial charge on any atom is 0.206 e. The third-order valence-corrected chi connectivity index (χ3v) is 4.96. The van der Waals surface area contributed by atoms with Gasteiger partial charge >= 0.3 is 0 Å². The predicted octanol–water partition coefficient (Wildman–Crippen LogP) is 3.28. The van der Waals surface area contributed by atoms with E-state index in [1.165, 1.54) is 23.1 Å². The van der Waals surface area contributed by atoms with Crippen LogP contribution in [-0.2, 0) is 0 Å². The molecule has 1 unspecified atom stereocenters. The summed E-state index contributed by atoms with van der Waals surface area (Å²) in [7, 11) is 0. The van der Waals surface area contributed by atoms with Crippen LogP contribution in [0, 0.1) is 0 Å². The first-order valence-corrected chi connectivity index (χ1v) is 9.14. The average molecular weight is 339 g/mol. The first-order valence-electron chi connectivity index (χ1n) is 7.34. The summed E-state index contributed by atoms with van der Waals surface area (Å²) < 4.78 is 6.38. The van der Waals surface area contributed by atoms with Crippen molar-refractivity contribution in [1.82, 2.24) is 10.2 Å². The standard InChI is InChI=1S/C15H21N3O2S2/c1-2-3-9-16-14-17-18-15(22-14)21-11-12(19)10-20-13-7-5-4-6-8-13/h4-8,12,19H,2-3,9-11H2,1H3,(H,16,17). The average Bonchev–Trinajstić information content (AvgIpc) is 3.00. The molecule has 0 aliphatic rings. The Labute approximate surface area is 139 Å². The van der Waals surface area contributed by atoms with E-state index in [-0.39, 0.29) is 6.61 Å². The smallest absolute Gasteiger partial charge is 0.206 e. The number of thioether (sulfide) groups is 1. The van der Waals surface area contributed by atoms with Crippen LogP contribution in [-0.4, -0.2) is 40.3 Å². The lowest BCUT2D eigenvalue weighted by atomic mass is 10.3. The van der Waals surface area contributed by atoms with Gasteiger partial charge in [-0.15, -0.1) is 10.2 Å². The van der Waals surface area contributed by atoms with Crippen LogP contribution in [0.5, 0.6) is 5.75 Å². The summed E-state index contributed by atoms with van der Waals surface area (Å²) in [6, 6.07) is 9.49. The summed E-state index contributed by atoms with van der Waals surface area (Å²) in [4.78, 5) is 0. The van der Waals surface area contributed by atoms with E-state index in [0.717, 1.165) is 34.6 Å². The summed E-state index contributed by atoms with van der Waals surface area (Å²) in [5.41, 5.74) is 0. The highest BCUT2D eigenvalue weighted by Gasteiger charge is 2.10. The Morgan fingerprint density at radius 2 is 2.14 bits per heavy atom. The van der Waals surface area contributed by atoms with Gasteiger partial charge in [-0.05, 0) is 18.6 Å². The van der Waals surface area contributed by atoms with Gasteiger partial charge in [0.1, 0.15) is 12.4 Å². The Hall–Kier alpha value is -1.31. The molecule has 0 fully saturated rings. The molecule has 0 bridgehead atoms. The molecule has 120 valence electrons. The van der Waals surface area contributed by atoms with Crippen molar-refractivity contribution in [3.8, 4) is 5.75 Å². The maximum absolute atomic E-state index is 9.95. The van der Waals surface area contributed by atoms with Crippen molar-refractivity contribution >= 4 is 28.2 Å². The fourth-order valence-corrected chi connectivity index (χ4v) is 3.35. The topological polar surface area (TPSA) is 67.3 Å². The number of aromatic nitrogens is 2. The Bertz CT molecular complexity index is 537. The number of ether oxygens (including phenoxy) is 1. The molecule has 2 N–H and O–H groups in total. The van der Waals surface area contributed by atoms with Crippen molar-refractivity contribution in [1.29, 1.82) is 0 Å². The number of hydrogen-bond donors (Lipinski definition) is 2. The van der Waals surface area contributed by atoms with Crippen LogP contribution < -0.4 is 10.1 Å². The van der Waals surface area contributed by atoms with E-state index < -0.39 is 6.10 Å². The number of hydrogen-bond acceptors (Lipinski definition) is 7. The second-order valence-electron chi connectivity index (χ2n) is 4.74. The highest BCUT2D eigenvalue weighted by Crippen LogP contribution is 2.26. The van der Waals surface area contributed by atoms with Crippen LogP contribution in [0.2, 0.25) is 0 Å². The van der Waals surface area contributed by atoms with Gasteiger partial charge in [0, 0.05) is 12.3 Å². The minimum absolute atomic E-state index is 0.275. The molecular weight excluding hydrogens is 318 g/mol. The third-order valence-electron chi connectivity index (χ3n) is 2.80. The minimum Gasteiger partial charge on any atom is -0.491 e. The van der Waals surface area contributed by atoms with Gasteiger partial charge in [0.15, 0.2) is 4.34 Å². The fraction of sp³-hybridized carbons (Fsp3) is 0.467. The van der Waals surface area contributed by atoms with Crippen LogP contribution in [0.4, 0.5) is 5.13 Å². The second-order valence-corrected chi connectivity index (χ2v) is 6.99. The number of nitrogens with zero attached hydrogens (tertiary/aromatic N) is 2. The highest BCUT2D eigenvalue weighted by molar-refractivity contribution is 8.01. The molecule has 0 spiro atoms. The van der Waals surface area contributed by atoms with Gasteiger partial charge < -0.3 is 15.2 Å². The molecule has 7 heteroatoms. The van der Waals surface area contributed by atoms with Crippen LogP contribution in [0.3, 0.4) is 0 Å². The number of rotatable bonds is 10. The summed E-state index contributed by atoms with van der Waals surface area (Å²) in [6.45, 7) is 3.35. The molecule has 1 aromatic carbocycles. The first-order chi connectivity index (χ1) is 10.8. The zero-order valence-corrected chi connectivity index (χ0v) is 14.2. The predicted molar refractivity (Wildman–Crippen MR) is 92.0 cm³/mol. The summed E-state index contributed by atoms with van der Waals surface area (Å²) in [5.74, 6) is 1.31. The Kier molecular flexibility index (Phi) is 7.48. The monoisotopic (exact) mass is 339 g/mol. The number of aliphatic hydroxyl groups is 1. The minimum atomic E-state index is -0.536. The lowest BCUT2D eigenvalue weighted by Crippen LogP contribution is -2.19. The Balaban J connectivity index is 1.66. The lowest BCUT2D eigenvalue weighted by Gasteiger charge is -2.10. The van der Waals surface area contributed by atoms with Crippen molar-refractivity contribution in [3.05, 3.63) is 30.3 Å². The molecule has 5 nitrogen and oxygen atoms in total.